The Morgan fingerprint density at radius 2 is 1.57 bits per heavy atom. The molecule has 0 aliphatic carbocycles. The molecule has 10 nitrogen and oxygen atoms in total. The third-order valence-corrected chi connectivity index (χ3v) is 3.32. The molecule has 0 bridgehead atoms. The van der Waals surface area contributed by atoms with Crippen molar-refractivity contribution >= 4 is 48.9 Å². The molecule has 3 amide bonds. The maximum atomic E-state index is 11.8. The molecule has 0 heterocycles. The molecule has 23 heavy (non-hydrogen) atoms. The maximum absolute atomic E-state index is 11.8. The van der Waals surface area contributed by atoms with Gasteiger partial charge in [-0.15, -0.1) is 0 Å². The zero-order chi connectivity index (χ0) is 18.0. The van der Waals surface area contributed by atoms with Gasteiger partial charge in [0.2, 0.25) is 17.7 Å². The SMILES string of the molecule is NC(CO)C(=O)NC(CS)C(=O)NCC(=O)NC(CS)C(=O)O. The molecule has 0 saturated carbocycles. The minimum absolute atomic E-state index is 0.0638. The standard InChI is InChI=1S/C11H20N4O6S2/c12-5(2-16)9(18)15-6(3-22)10(19)13-1-8(17)14-7(4-23)11(20)21/h5-7,16,22-23H,1-4,12H2,(H,13,19)(H,14,17)(H,15,18)(H,20,21). The monoisotopic (exact) mass is 368 g/mol. The highest BCUT2D eigenvalue weighted by Crippen LogP contribution is 1.91. The van der Waals surface area contributed by atoms with E-state index in [-0.39, 0.29) is 11.5 Å². The van der Waals surface area contributed by atoms with Crippen LogP contribution in [0.2, 0.25) is 0 Å². The number of carboxylic acid groups (broad SMARTS) is 1. The Kier molecular flexibility index (Phi) is 10.4. The number of carbonyl (C=O) groups is 4. The lowest BCUT2D eigenvalue weighted by atomic mass is 10.2. The van der Waals surface area contributed by atoms with Crippen LogP contribution in [0.4, 0.5) is 0 Å². The van der Waals surface area contributed by atoms with E-state index in [9.17, 15) is 19.2 Å². The number of hydrogen-bond donors (Lipinski definition) is 8. The van der Waals surface area contributed by atoms with Gasteiger partial charge in [0.1, 0.15) is 18.1 Å². The van der Waals surface area contributed by atoms with Crippen LogP contribution in [0.25, 0.3) is 0 Å². The number of hydrogen-bond acceptors (Lipinski definition) is 8. The highest BCUT2D eigenvalue weighted by atomic mass is 32.1. The minimum atomic E-state index is -1.25. The number of thiol groups is 2. The van der Waals surface area contributed by atoms with Crippen molar-refractivity contribution in [2.75, 3.05) is 24.7 Å². The zero-order valence-electron chi connectivity index (χ0n) is 12.1. The summed E-state index contributed by atoms with van der Waals surface area (Å²) >= 11 is 7.68. The van der Waals surface area contributed by atoms with Crippen molar-refractivity contribution in [3.05, 3.63) is 0 Å². The molecule has 3 atom stereocenters. The van der Waals surface area contributed by atoms with E-state index in [0.29, 0.717) is 0 Å². The van der Waals surface area contributed by atoms with Gasteiger partial charge in [-0.2, -0.15) is 25.3 Å². The first kappa shape index (κ1) is 21.5. The Morgan fingerprint density at radius 1 is 1.00 bits per heavy atom. The van der Waals surface area contributed by atoms with Gasteiger partial charge in [-0.3, -0.25) is 14.4 Å². The predicted octanol–water partition coefficient (Wildman–Crippen LogP) is -3.66. The number of carbonyl (C=O) groups excluding carboxylic acids is 3. The first-order chi connectivity index (χ1) is 10.8. The number of rotatable bonds is 10. The molecule has 0 aliphatic rings. The lowest BCUT2D eigenvalue weighted by Gasteiger charge is -2.18. The largest absolute Gasteiger partial charge is 0.480 e. The number of aliphatic hydroxyl groups excluding tert-OH is 1. The van der Waals surface area contributed by atoms with E-state index in [1.165, 1.54) is 0 Å². The van der Waals surface area contributed by atoms with Gasteiger partial charge >= 0.3 is 5.97 Å². The zero-order valence-corrected chi connectivity index (χ0v) is 13.8. The minimum Gasteiger partial charge on any atom is -0.480 e. The fraction of sp³-hybridized carbons (Fsp3) is 0.636. The topological polar surface area (TPSA) is 171 Å². The number of aliphatic hydroxyl groups is 1. The molecular formula is C11H20N4O6S2. The van der Waals surface area contributed by atoms with Crippen LogP contribution in [0.3, 0.4) is 0 Å². The molecule has 7 N–H and O–H groups in total. The molecule has 3 unspecified atom stereocenters. The van der Waals surface area contributed by atoms with Crippen LogP contribution in [0, 0.1) is 0 Å². The number of nitrogens with two attached hydrogens (primary N) is 1. The normalized spacial score (nSPS) is 14.3. The van der Waals surface area contributed by atoms with Gasteiger partial charge in [0, 0.05) is 11.5 Å². The van der Waals surface area contributed by atoms with Crippen molar-refractivity contribution in [2.24, 2.45) is 5.73 Å². The molecule has 0 radical (unpaired) electrons. The van der Waals surface area contributed by atoms with Crippen LogP contribution in [0.1, 0.15) is 0 Å². The lowest BCUT2D eigenvalue weighted by molar-refractivity contribution is -0.141. The summed E-state index contributed by atoms with van der Waals surface area (Å²) in [5.41, 5.74) is 5.29. The predicted molar refractivity (Wildman–Crippen MR) is 87.3 cm³/mol. The number of amides is 3. The summed E-state index contributed by atoms with van der Waals surface area (Å²) in [5.74, 6) is -3.59. The summed E-state index contributed by atoms with van der Waals surface area (Å²) in [6, 6.07) is -3.41. The van der Waals surface area contributed by atoms with Crippen molar-refractivity contribution in [1.82, 2.24) is 16.0 Å². The van der Waals surface area contributed by atoms with Gasteiger partial charge in [0.25, 0.3) is 0 Å². The molecule has 12 heteroatoms. The molecule has 0 saturated heterocycles. The lowest BCUT2D eigenvalue weighted by Crippen LogP contribution is -2.55. The first-order valence-electron chi connectivity index (χ1n) is 6.45. The fourth-order valence-electron chi connectivity index (χ4n) is 1.28. The second-order valence-electron chi connectivity index (χ2n) is 4.39. The van der Waals surface area contributed by atoms with Gasteiger partial charge in [-0.25, -0.2) is 4.79 Å². The Balaban J connectivity index is 4.41. The number of carboxylic acids is 1. The Labute approximate surface area is 143 Å². The van der Waals surface area contributed by atoms with Gasteiger partial charge in [-0.1, -0.05) is 0 Å². The average Bonchev–Trinajstić information content (AvgIpc) is 2.53. The van der Waals surface area contributed by atoms with Crippen LogP contribution in [0.5, 0.6) is 0 Å². The summed E-state index contributed by atoms with van der Waals surface area (Å²) in [7, 11) is 0. The third-order valence-electron chi connectivity index (χ3n) is 2.59. The summed E-state index contributed by atoms with van der Waals surface area (Å²) in [5, 5.41) is 24.2. The summed E-state index contributed by atoms with van der Waals surface area (Å²) < 4.78 is 0. The fourth-order valence-corrected chi connectivity index (χ4v) is 1.78. The summed E-state index contributed by atoms with van der Waals surface area (Å²) in [6.45, 7) is -1.07. The molecule has 132 valence electrons. The third kappa shape index (κ3) is 8.06. The average molecular weight is 368 g/mol. The van der Waals surface area contributed by atoms with Gasteiger partial charge in [-0.05, 0) is 0 Å². The van der Waals surface area contributed by atoms with Crippen LogP contribution in [0.15, 0.2) is 0 Å². The highest BCUT2D eigenvalue weighted by Gasteiger charge is 2.23. The Morgan fingerprint density at radius 3 is 2.00 bits per heavy atom. The Bertz CT molecular complexity index is 450. The molecule has 0 spiro atoms. The van der Waals surface area contributed by atoms with Crippen molar-refractivity contribution in [3.8, 4) is 0 Å². The van der Waals surface area contributed by atoms with E-state index in [0.717, 1.165) is 0 Å². The van der Waals surface area contributed by atoms with E-state index in [1.54, 1.807) is 0 Å². The molecule has 0 aliphatic heterocycles. The molecule has 0 fully saturated rings. The molecule has 0 aromatic carbocycles. The van der Waals surface area contributed by atoms with E-state index in [2.05, 4.69) is 41.2 Å². The van der Waals surface area contributed by atoms with Gasteiger partial charge < -0.3 is 31.9 Å². The van der Waals surface area contributed by atoms with Crippen molar-refractivity contribution in [3.63, 3.8) is 0 Å². The van der Waals surface area contributed by atoms with E-state index < -0.39 is 55.0 Å². The van der Waals surface area contributed by atoms with E-state index in [1.807, 2.05) is 0 Å². The first-order valence-corrected chi connectivity index (χ1v) is 7.71. The van der Waals surface area contributed by atoms with Crippen LogP contribution in [-0.4, -0.2) is 76.7 Å². The van der Waals surface area contributed by atoms with Gasteiger partial charge in [0.05, 0.1) is 13.2 Å². The van der Waals surface area contributed by atoms with Crippen LogP contribution < -0.4 is 21.7 Å². The van der Waals surface area contributed by atoms with Crippen LogP contribution in [-0.2, 0) is 19.2 Å². The quantitative estimate of drug-likeness (QED) is 0.184. The second kappa shape index (κ2) is 11.1. The van der Waals surface area contributed by atoms with E-state index in [4.69, 9.17) is 15.9 Å². The molecule has 0 rings (SSSR count). The van der Waals surface area contributed by atoms with Crippen molar-refractivity contribution in [2.45, 2.75) is 18.1 Å². The number of aliphatic carboxylic acids is 1. The van der Waals surface area contributed by atoms with Crippen molar-refractivity contribution < 1.29 is 29.4 Å². The highest BCUT2D eigenvalue weighted by molar-refractivity contribution is 7.80. The molecule has 0 aromatic rings. The summed E-state index contributed by atoms with van der Waals surface area (Å²) in [4.78, 5) is 45.6. The smallest absolute Gasteiger partial charge is 0.327 e. The summed E-state index contributed by atoms with van der Waals surface area (Å²) in [6.07, 6.45) is 0. The number of nitrogens with one attached hydrogen (secondary N) is 3. The van der Waals surface area contributed by atoms with E-state index >= 15 is 0 Å². The van der Waals surface area contributed by atoms with Crippen LogP contribution >= 0.6 is 25.3 Å². The second-order valence-corrected chi connectivity index (χ2v) is 5.12. The Hall–Kier alpha value is -1.50. The molecule has 0 aromatic heterocycles. The maximum Gasteiger partial charge on any atom is 0.327 e. The van der Waals surface area contributed by atoms with Crippen molar-refractivity contribution in [1.29, 1.82) is 0 Å². The van der Waals surface area contributed by atoms with Gasteiger partial charge in [0.15, 0.2) is 0 Å². The molecular weight excluding hydrogens is 348 g/mol.